The second-order valence-electron chi connectivity index (χ2n) is 4.39. The summed E-state index contributed by atoms with van der Waals surface area (Å²) in [5.41, 5.74) is 7.60. The van der Waals surface area contributed by atoms with E-state index in [4.69, 9.17) is 20.6 Å². The molecule has 0 aliphatic rings. The van der Waals surface area contributed by atoms with Crippen LogP contribution in [-0.2, 0) is 0 Å². The highest BCUT2D eigenvalue weighted by atomic mass is 16.5. The molecule has 5 heteroatoms. The minimum atomic E-state index is -0.0695. The van der Waals surface area contributed by atoms with Crippen LogP contribution in [0.2, 0.25) is 0 Å². The molecule has 0 fully saturated rings. The third-order valence-corrected chi connectivity index (χ3v) is 2.85. The number of nitrogen functional groups attached to an aromatic ring is 1. The fourth-order valence-corrected chi connectivity index (χ4v) is 2.02. The van der Waals surface area contributed by atoms with Crippen molar-refractivity contribution in [3.05, 3.63) is 47.3 Å². The van der Waals surface area contributed by atoms with E-state index in [1.54, 1.807) is 26.2 Å². The average Bonchev–Trinajstić information content (AvgIpc) is 2.38. The van der Waals surface area contributed by atoms with Crippen LogP contribution in [0.5, 0.6) is 17.2 Å². The molecule has 0 spiro atoms. The Balaban J connectivity index is 2.50. The molecule has 2 aromatic rings. The van der Waals surface area contributed by atoms with Gasteiger partial charge in [-0.3, -0.25) is 10.4 Å². The van der Waals surface area contributed by atoms with Crippen molar-refractivity contribution in [2.45, 2.75) is 13.8 Å². The number of rotatable bonds is 4. The number of nitrogens with two attached hydrogens (primary N) is 1. The maximum absolute atomic E-state index is 7.68. The zero-order chi connectivity index (χ0) is 14.7. The van der Waals surface area contributed by atoms with Crippen molar-refractivity contribution in [1.29, 1.82) is 5.41 Å². The molecule has 5 nitrogen and oxygen atoms in total. The number of aryl methyl sites for hydroxylation is 2. The standard InChI is InChI=1S/C15H17N3O2/c1-9-8-13(14(15(16)17)10(2)18-9)20-12-7-5-4-6-11(12)19-3/h4-8H,1-3H3,(H3,16,17). The van der Waals surface area contributed by atoms with E-state index in [9.17, 15) is 0 Å². The van der Waals surface area contributed by atoms with E-state index in [1.807, 2.05) is 25.1 Å². The summed E-state index contributed by atoms with van der Waals surface area (Å²) in [4.78, 5) is 4.31. The van der Waals surface area contributed by atoms with E-state index >= 15 is 0 Å². The Bertz CT molecular complexity index is 654. The van der Waals surface area contributed by atoms with Crippen LogP contribution in [0, 0.1) is 19.3 Å². The van der Waals surface area contributed by atoms with Crippen molar-refractivity contribution >= 4 is 5.84 Å². The molecule has 20 heavy (non-hydrogen) atoms. The van der Waals surface area contributed by atoms with Gasteiger partial charge in [0.15, 0.2) is 11.5 Å². The number of para-hydroxylation sites is 2. The summed E-state index contributed by atoms with van der Waals surface area (Å²) >= 11 is 0. The topological polar surface area (TPSA) is 81.2 Å². The van der Waals surface area contributed by atoms with Crippen molar-refractivity contribution in [2.75, 3.05) is 7.11 Å². The molecule has 0 saturated heterocycles. The Kier molecular flexibility index (Phi) is 3.89. The number of amidine groups is 1. The molecule has 0 saturated carbocycles. The molecule has 3 N–H and O–H groups in total. The Labute approximate surface area is 117 Å². The number of aromatic nitrogens is 1. The van der Waals surface area contributed by atoms with Crippen LogP contribution in [0.1, 0.15) is 17.0 Å². The largest absolute Gasteiger partial charge is 0.493 e. The number of hydrogen-bond acceptors (Lipinski definition) is 4. The Morgan fingerprint density at radius 2 is 1.80 bits per heavy atom. The lowest BCUT2D eigenvalue weighted by atomic mass is 10.1. The molecule has 0 bridgehead atoms. The molecule has 0 aliphatic carbocycles. The molecular weight excluding hydrogens is 254 g/mol. The van der Waals surface area contributed by atoms with Crippen molar-refractivity contribution in [1.82, 2.24) is 4.98 Å². The fourth-order valence-electron chi connectivity index (χ4n) is 2.02. The Morgan fingerprint density at radius 1 is 1.15 bits per heavy atom. The summed E-state index contributed by atoms with van der Waals surface area (Å²) in [5.74, 6) is 1.63. The molecule has 1 heterocycles. The van der Waals surface area contributed by atoms with Gasteiger partial charge in [0.2, 0.25) is 0 Å². The first-order valence-electron chi connectivity index (χ1n) is 6.16. The molecule has 1 aromatic heterocycles. The summed E-state index contributed by atoms with van der Waals surface area (Å²) in [7, 11) is 1.58. The first-order valence-corrected chi connectivity index (χ1v) is 6.16. The van der Waals surface area contributed by atoms with Crippen LogP contribution in [-0.4, -0.2) is 17.9 Å². The molecule has 104 valence electrons. The average molecular weight is 271 g/mol. The summed E-state index contributed by atoms with van der Waals surface area (Å²) < 4.78 is 11.1. The number of nitrogens with one attached hydrogen (secondary N) is 1. The predicted molar refractivity (Wildman–Crippen MR) is 77.8 cm³/mol. The van der Waals surface area contributed by atoms with E-state index in [2.05, 4.69) is 4.98 Å². The second-order valence-corrected chi connectivity index (χ2v) is 4.39. The number of pyridine rings is 1. The molecule has 0 atom stereocenters. The van der Waals surface area contributed by atoms with Gasteiger partial charge in [-0.1, -0.05) is 12.1 Å². The number of ether oxygens (including phenoxy) is 2. The lowest BCUT2D eigenvalue weighted by Crippen LogP contribution is -2.15. The van der Waals surface area contributed by atoms with Gasteiger partial charge in [0.05, 0.1) is 18.4 Å². The smallest absolute Gasteiger partial charge is 0.169 e. The van der Waals surface area contributed by atoms with E-state index in [0.717, 1.165) is 5.69 Å². The van der Waals surface area contributed by atoms with E-state index in [1.165, 1.54) is 0 Å². The van der Waals surface area contributed by atoms with Crippen LogP contribution in [0.3, 0.4) is 0 Å². The van der Waals surface area contributed by atoms with Crippen LogP contribution in [0.25, 0.3) is 0 Å². The number of methoxy groups -OCH3 is 1. The molecular formula is C15H17N3O2. The maximum Gasteiger partial charge on any atom is 0.169 e. The SMILES string of the molecule is COc1ccccc1Oc1cc(C)nc(C)c1C(=N)N. The summed E-state index contributed by atoms with van der Waals surface area (Å²) in [6.07, 6.45) is 0. The van der Waals surface area contributed by atoms with Gasteiger partial charge in [0, 0.05) is 11.8 Å². The summed E-state index contributed by atoms with van der Waals surface area (Å²) in [6.45, 7) is 3.67. The van der Waals surface area contributed by atoms with Crippen molar-refractivity contribution in [3.63, 3.8) is 0 Å². The van der Waals surface area contributed by atoms with Gasteiger partial charge in [0.1, 0.15) is 11.6 Å². The molecule has 0 radical (unpaired) electrons. The molecule has 0 aliphatic heterocycles. The van der Waals surface area contributed by atoms with E-state index in [0.29, 0.717) is 28.5 Å². The zero-order valence-corrected chi connectivity index (χ0v) is 11.7. The van der Waals surface area contributed by atoms with Gasteiger partial charge in [-0.05, 0) is 26.0 Å². The quantitative estimate of drug-likeness (QED) is 0.661. The van der Waals surface area contributed by atoms with E-state index in [-0.39, 0.29) is 5.84 Å². The van der Waals surface area contributed by atoms with Crippen molar-refractivity contribution in [3.8, 4) is 17.2 Å². The van der Waals surface area contributed by atoms with Gasteiger partial charge >= 0.3 is 0 Å². The lowest BCUT2D eigenvalue weighted by Gasteiger charge is -2.15. The first-order chi connectivity index (χ1) is 9.52. The van der Waals surface area contributed by atoms with Gasteiger partial charge < -0.3 is 15.2 Å². The summed E-state index contributed by atoms with van der Waals surface area (Å²) in [6, 6.07) is 9.08. The predicted octanol–water partition coefficient (Wildman–Crippen LogP) is 2.78. The number of nitrogens with zero attached hydrogens (tertiary/aromatic N) is 1. The Hall–Kier alpha value is -2.56. The van der Waals surface area contributed by atoms with Gasteiger partial charge in [-0.2, -0.15) is 0 Å². The maximum atomic E-state index is 7.68. The second kappa shape index (κ2) is 5.61. The number of benzene rings is 1. The fraction of sp³-hybridized carbons (Fsp3) is 0.200. The third-order valence-electron chi connectivity index (χ3n) is 2.85. The highest BCUT2D eigenvalue weighted by molar-refractivity contribution is 5.98. The van der Waals surface area contributed by atoms with Crippen LogP contribution in [0.4, 0.5) is 0 Å². The summed E-state index contributed by atoms with van der Waals surface area (Å²) in [5, 5.41) is 7.68. The monoisotopic (exact) mass is 271 g/mol. The highest BCUT2D eigenvalue weighted by Crippen LogP contribution is 2.33. The van der Waals surface area contributed by atoms with Crippen molar-refractivity contribution in [2.24, 2.45) is 5.73 Å². The zero-order valence-electron chi connectivity index (χ0n) is 11.7. The highest BCUT2D eigenvalue weighted by Gasteiger charge is 2.15. The molecule has 2 rings (SSSR count). The van der Waals surface area contributed by atoms with Gasteiger partial charge in [-0.25, -0.2) is 0 Å². The van der Waals surface area contributed by atoms with Gasteiger partial charge in [-0.15, -0.1) is 0 Å². The molecule has 0 unspecified atom stereocenters. The first kappa shape index (κ1) is 13.9. The molecule has 1 aromatic carbocycles. The minimum absolute atomic E-state index is 0.0695. The van der Waals surface area contributed by atoms with Crippen LogP contribution >= 0.6 is 0 Å². The normalized spacial score (nSPS) is 10.2. The van der Waals surface area contributed by atoms with Gasteiger partial charge in [0.25, 0.3) is 0 Å². The van der Waals surface area contributed by atoms with Crippen molar-refractivity contribution < 1.29 is 9.47 Å². The Morgan fingerprint density at radius 3 is 2.40 bits per heavy atom. The van der Waals surface area contributed by atoms with Crippen LogP contribution in [0.15, 0.2) is 30.3 Å². The minimum Gasteiger partial charge on any atom is -0.493 e. The third kappa shape index (κ3) is 2.71. The molecule has 0 amide bonds. The van der Waals surface area contributed by atoms with Crippen LogP contribution < -0.4 is 15.2 Å². The number of hydrogen-bond donors (Lipinski definition) is 2. The lowest BCUT2D eigenvalue weighted by molar-refractivity contribution is 0.378. The van der Waals surface area contributed by atoms with E-state index < -0.39 is 0 Å².